The molecule has 0 N–H and O–H groups in total. The van der Waals surface area contributed by atoms with Crippen molar-refractivity contribution in [3.05, 3.63) is 49.4 Å². The zero-order chi connectivity index (χ0) is 11.3. The highest BCUT2D eigenvalue weighted by Crippen LogP contribution is 2.19. The molecule has 0 bridgehead atoms. The van der Waals surface area contributed by atoms with E-state index in [2.05, 4.69) is 15.0 Å². The van der Waals surface area contributed by atoms with Gasteiger partial charge in [0.15, 0.2) is 0 Å². The Labute approximate surface area is 87.3 Å². The van der Waals surface area contributed by atoms with Gasteiger partial charge < -0.3 is 0 Å². The third kappa shape index (κ3) is 0.952. The molecule has 6 heteroatoms. The van der Waals surface area contributed by atoms with Crippen LogP contribution in [-0.4, -0.2) is 15.0 Å². The van der Waals surface area contributed by atoms with Gasteiger partial charge in [-0.3, -0.25) is 14.6 Å². The predicted octanol–water partition coefficient (Wildman–Crippen LogP) is -0.914. The van der Waals surface area contributed by atoms with Crippen molar-refractivity contribution in [3.8, 4) is 11.4 Å². The number of fused-ring (bicyclic) bond motifs is 3. The molecule has 2 heterocycles. The number of rotatable bonds is 0. The zero-order valence-corrected chi connectivity index (χ0v) is 7.80. The molecule has 6 nitrogen and oxygen atoms in total. The number of imidazole rings is 1. The highest BCUT2D eigenvalue weighted by atomic mass is 16.2. The Morgan fingerprint density at radius 2 is 1.62 bits per heavy atom. The fourth-order valence-electron chi connectivity index (χ4n) is 1.68. The average molecular weight is 213 g/mol. The van der Waals surface area contributed by atoms with Crippen LogP contribution < -0.4 is 16.5 Å². The molecular weight excluding hydrogens is 210 g/mol. The summed E-state index contributed by atoms with van der Waals surface area (Å²) >= 11 is 0. The summed E-state index contributed by atoms with van der Waals surface area (Å²) in [4.78, 5) is 45.1. The van der Waals surface area contributed by atoms with Crippen LogP contribution >= 0.6 is 0 Å². The van der Waals surface area contributed by atoms with E-state index in [0.29, 0.717) is 5.39 Å². The maximum atomic E-state index is 11.6. The number of nitrogens with zero attached hydrogens (tertiary/aromatic N) is 3. The van der Waals surface area contributed by atoms with Crippen LogP contribution in [0.4, 0.5) is 0 Å². The first-order chi connectivity index (χ1) is 7.68. The van der Waals surface area contributed by atoms with Gasteiger partial charge in [0, 0.05) is 23.2 Å². The topological polar surface area (TPSA) is 89.9 Å². The number of hydrogen-bond acceptors (Lipinski definition) is 6. The summed E-state index contributed by atoms with van der Waals surface area (Å²) in [6.45, 7) is 0. The molecule has 0 atom stereocenters. The largest absolute Gasteiger partial charge is 0.368 e. The molecule has 76 valence electrons. The summed E-state index contributed by atoms with van der Waals surface area (Å²) in [5.74, 6) is 0. The number of aromatic nitrogens is 3. The first-order valence-electron chi connectivity index (χ1n) is 4.43. The quantitative estimate of drug-likeness (QED) is 0.449. The van der Waals surface area contributed by atoms with Gasteiger partial charge in [-0.05, 0) is 6.07 Å². The lowest BCUT2D eigenvalue weighted by Gasteiger charge is -1.98. The molecule has 1 aromatic heterocycles. The molecule has 0 radical (unpaired) electrons. The fraction of sp³-hybridized carbons (Fsp3) is 0. The van der Waals surface area contributed by atoms with Crippen LogP contribution in [0.2, 0.25) is 0 Å². The second-order valence-electron chi connectivity index (χ2n) is 3.28. The van der Waals surface area contributed by atoms with Crippen LogP contribution in [0, 0.1) is 0 Å². The van der Waals surface area contributed by atoms with E-state index in [4.69, 9.17) is 0 Å². The minimum absolute atomic E-state index is 0.151. The van der Waals surface area contributed by atoms with Gasteiger partial charge in [-0.25, -0.2) is 4.79 Å². The van der Waals surface area contributed by atoms with Crippen molar-refractivity contribution in [1.29, 1.82) is 0 Å². The van der Waals surface area contributed by atoms with Crippen LogP contribution in [0.5, 0.6) is 0 Å². The third-order valence-electron chi connectivity index (χ3n) is 2.38. The smallest absolute Gasteiger partial charge is 0.285 e. The van der Waals surface area contributed by atoms with E-state index in [1.165, 1.54) is 18.5 Å². The van der Waals surface area contributed by atoms with E-state index in [0.717, 1.165) is 0 Å². The van der Waals surface area contributed by atoms with Crippen molar-refractivity contribution < 1.29 is 0 Å². The molecule has 1 aromatic rings. The second kappa shape index (κ2) is 2.75. The van der Waals surface area contributed by atoms with Crippen LogP contribution in [0.3, 0.4) is 0 Å². The first-order valence-corrected chi connectivity index (χ1v) is 4.43. The molecule has 3 rings (SSSR count). The fourth-order valence-corrected chi connectivity index (χ4v) is 1.68. The molecule has 1 aliphatic heterocycles. The summed E-state index contributed by atoms with van der Waals surface area (Å²) in [6.07, 6.45) is 2.80. The molecule has 0 aromatic carbocycles. The Morgan fingerprint density at radius 3 is 2.44 bits per heavy atom. The molecule has 0 unspecified atom stereocenters. The van der Waals surface area contributed by atoms with Crippen molar-refractivity contribution in [2.75, 3.05) is 0 Å². The summed E-state index contributed by atoms with van der Waals surface area (Å²) in [5, 5.41) is 0.601. The molecule has 0 saturated carbocycles. The van der Waals surface area contributed by atoms with Crippen LogP contribution in [0.1, 0.15) is 0 Å². The summed E-state index contributed by atoms with van der Waals surface area (Å²) < 4.78 is 0. The highest BCUT2D eigenvalue weighted by Gasteiger charge is 2.20. The minimum atomic E-state index is -0.789. The Bertz CT molecular complexity index is 818. The molecular formula is C10H3N3O3. The van der Waals surface area contributed by atoms with Crippen molar-refractivity contribution in [3.63, 3.8) is 0 Å². The van der Waals surface area contributed by atoms with Gasteiger partial charge >= 0.3 is 5.69 Å². The normalized spacial score (nSPS) is 11.2. The number of pyridine rings is 1. The third-order valence-corrected chi connectivity index (χ3v) is 2.38. The van der Waals surface area contributed by atoms with Gasteiger partial charge in [-0.2, -0.15) is 9.97 Å². The van der Waals surface area contributed by atoms with E-state index in [-0.39, 0.29) is 16.8 Å². The standard InChI is InChI=1S/C10H3N3O3/c14-8-4-1-2-11-3-5(4)6-7(9(8)15)13-10(16)12-6/h1-3H. The minimum Gasteiger partial charge on any atom is -0.285 e. The highest BCUT2D eigenvalue weighted by molar-refractivity contribution is 5.94. The Morgan fingerprint density at radius 1 is 0.875 bits per heavy atom. The molecule has 0 spiro atoms. The van der Waals surface area contributed by atoms with Crippen molar-refractivity contribution in [2.45, 2.75) is 0 Å². The van der Waals surface area contributed by atoms with Crippen molar-refractivity contribution in [1.82, 2.24) is 15.0 Å². The van der Waals surface area contributed by atoms with Crippen molar-refractivity contribution in [2.24, 2.45) is 0 Å². The summed E-state index contributed by atoms with van der Waals surface area (Å²) in [5.41, 5.74) is -2.25. The van der Waals surface area contributed by atoms with Crippen LogP contribution in [-0.2, 0) is 0 Å². The average Bonchev–Trinajstić information content (AvgIpc) is 2.68. The lowest BCUT2D eigenvalue weighted by atomic mass is 10.1. The van der Waals surface area contributed by atoms with Gasteiger partial charge in [-0.15, -0.1) is 0 Å². The predicted molar refractivity (Wildman–Crippen MR) is 55.1 cm³/mol. The van der Waals surface area contributed by atoms with Crippen LogP contribution in [0.15, 0.2) is 32.8 Å². The van der Waals surface area contributed by atoms with Crippen LogP contribution in [0.25, 0.3) is 22.2 Å². The molecule has 16 heavy (non-hydrogen) atoms. The molecule has 0 amide bonds. The van der Waals surface area contributed by atoms with Crippen molar-refractivity contribution >= 4 is 10.8 Å². The molecule has 2 aliphatic rings. The maximum Gasteiger partial charge on any atom is 0.368 e. The van der Waals surface area contributed by atoms with E-state index in [1.54, 1.807) is 0 Å². The SMILES string of the molecule is O=c1nc2c(=O)c(=O)c3ccncc3c-2n1. The van der Waals surface area contributed by atoms with E-state index in [1.807, 2.05) is 0 Å². The second-order valence-corrected chi connectivity index (χ2v) is 3.28. The molecule has 1 aliphatic carbocycles. The Hall–Kier alpha value is -2.50. The lowest BCUT2D eigenvalue weighted by Crippen LogP contribution is -2.26. The number of benzene rings is 1. The van der Waals surface area contributed by atoms with Gasteiger partial charge in [-0.1, -0.05) is 0 Å². The van der Waals surface area contributed by atoms with E-state index in [9.17, 15) is 14.4 Å². The molecule has 0 fully saturated rings. The van der Waals surface area contributed by atoms with Gasteiger partial charge in [0.2, 0.25) is 5.43 Å². The summed E-state index contributed by atoms with van der Waals surface area (Å²) in [6, 6.07) is 1.43. The van der Waals surface area contributed by atoms with Gasteiger partial charge in [0.05, 0.1) is 0 Å². The Kier molecular flexibility index (Phi) is 1.51. The Balaban J connectivity index is 2.79. The van der Waals surface area contributed by atoms with E-state index >= 15 is 0 Å². The molecule has 0 saturated heterocycles. The monoisotopic (exact) mass is 213 g/mol. The van der Waals surface area contributed by atoms with E-state index < -0.39 is 16.5 Å². The maximum absolute atomic E-state index is 11.6. The lowest BCUT2D eigenvalue weighted by molar-refractivity contribution is 1.20. The van der Waals surface area contributed by atoms with Gasteiger partial charge in [0.25, 0.3) is 5.43 Å². The number of hydrogen-bond donors (Lipinski definition) is 0. The first kappa shape index (κ1) is 8.78. The summed E-state index contributed by atoms with van der Waals surface area (Å²) in [7, 11) is 0. The zero-order valence-electron chi connectivity index (χ0n) is 7.80. The van der Waals surface area contributed by atoms with Gasteiger partial charge in [0.1, 0.15) is 11.4 Å².